The third kappa shape index (κ3) is 3.06. The summed E-state index contributed by atoms with van der Waals surface area (Å²) in [5, 5.41) is 6.90. The normalized spacial score (nSPS) is 11.0. The highest BCUT2D eigenvalue weighted by Gasteiger charge is 2.13. The van der Waals surface area contributed by atoms with Crippen LogP contribution in [-0.2, 0) is 0 Å². The number of thiazole rings is 1. The maximum Gasteiger partial charge on any atom is 0.258 e. The molecule has 0 saturated carbocycles. The minimum Gasteiger partial charge on any atom is -0.334 e. The fourth-order valence-corrected chi connectivity index (χ4v) is 3.02. The molecule has 0 unspecified atom stereocenters. The first-order valence-corrected chi connectivity index (χ1v) is 8.30. The zero-order valence-electron chi connectivity index (χ0n) is 13.0. The van der Waals surface area contributed by atoms with Crippen LogP contribution in [0.4, 0.5) is 8.78 Å². The van der Waals surface area contributed by atoms with E-state index in [1.807, 2.05) is 36.6 Å². The predicted molar refractivity (Wildman–Crippen MR) is 90.9 cm³/mol. The summed E-state index contributed by atoms with van der Waals surface area (Å²) in [5.74, 6) is -1.38. The Balaban J connectivity index is 1.69. The molecule has 0 amide bonds. The highest BCUT2D eigenvalue weighted by Crippen LogP contribution is 2.28. The van der Waals surface area contributed by atoms with Gasteiger partial charge in [-0.05, 0) is 31.2 Å². The quantitative estimate of drug-likeness (QED) is 0.512. The summed E-state index contributed by atoms with van der Waals surface area (Å²) in [6.07, 6.45) is 0. The van der Waals surface area contributed by atoms with E-state index in [0.29, 0.717) is 11.4 Å². The maximum absolute atomic E-state index is 13.4. The average molecular weight is 355 g/mol. The number of rotatable bonds is 3. The molecule has 0 aliphatic rings. The van der Waals surface area contributed by atoms with Crippen LogP contribution in [0.1, 0.15) is 5.01 Å². The second kappa shape index (κ2) is 6.18. The fraction of sp³-hybridized carbons (Fsp3) is 0.0556. The van der Waals surface area contributed by atoms with Gasteiger partial charge >= 0.3 is 0 Å². The molecule has 0 fully saturated rings. The van der Waals surface area contributed by atoms with E-state index in [0.717, 1.165) is 34.0 Å². The van der Waals surface area contributed by atoms with Crippen LogP contribution in [-0.4, -0.2) is 15.1 Å². The molecule has 7 heteroatoms. The van der Waals surface area contributed by atoms with Gasteiger partial charge in [-0.2, -0.15) is 4.98 Å². The third-order valence-corrected chi connectivity index (χ3v) is 4.40. The standard InChI is InChI=1S/C18H11F2N3OS/c1-10-21-16(9-25-10)11-3-2-4-12(7-11)17-22-18(24-23-17)13-5-6-14(19)15(20)8-13/h2-9H,1H3. The van der Waals surface area contributed by atoms with Crippen LogP contribution in [0.3, 0.4) is 0 Å². The van der Waals surface area contributed by atoms with E-state index in [9.17, 15) is 8.78 Å². The zero-order valence-corrected chi connectivity index (χ0v) is 13.8. The Labute approximate surface area is 145 Å². The van der Waals surface area contributed by atoms with Crippen LogP contribution in [0.25, 0.3) is 34.1 Å². The van der Waals surface area contributed by atoms with Crippen molar-refractivity contribution in [1.29, 1.82) is 0 Å². The molecule has 0 radical (unpaired) electrons. The van der Waals surface area contributed by atoms with Gasteiger partial charge in [-0.1, -0.05) is 23.4 Å². The first-order valence-electron chi connectivity index (χ1n) is 7.42. The molecule has 4 rings (SSSR count). The van der Waals surface area contributed by atoms with Gasteiger partial charge in [0, 0.05) is 22.1 Å². The molecule has 4 nitrogen and oxygen atoms in total. The van der Waals surface area contributed by atoms with Crippen LogP contribution in [0, 0.1) is 18.6 Å². The lowest BCUT2D eigenvalue weighted by Crippen LogP contribution is -1.86. The summed E-state index contributed by atoms with van der Waals surface area (Å²) >= 11 is 1.58. The largest absolute Gasteiger partial charge is 0.334 e. The topological polar surface area (TPSA) is 51.8 Å². The van der Waals surface area contributed by atoms with Crippen molar-refractivity contribution in [3.05, 3.63) is 64.5 Å². The number of aromatic nitrogens is 3. The van der Waals surface area contributed by atoms with Crippen molar-refractivity contribution in [3.63, 3.8) is 0 Å². The van der Waals surface area contributed by atoms with Gasteiger partial charge in [-0.25, -0.2) is 13.8 Å². The van der Waals surface area contributed by atoms with Crippen LogP contribution < -0.4 is 0 Å². The second-order valence-electron chi connectivity index (χ2n) is 5.38. The van der Waals surface area contributed by atoms with Gasteiger partial charge in [-0.3, -0.25) is 0 Å². The molecule has 0 aliphatic heterocycles. The number of halogens is 2. The van der Waals surface area contributed by atoms with Crippen molar-refractivity contribution < 1.29 is 13.3 Å². The van der Waals surface area contributed by atoms with Crippen molar-refractivity contribution in [1.82, 2.24) is 15.1 Å². The lowest BCUT2D eigenvalue weighted by molar-refractivity contribution is 0.431. The van der Waals surface area contributed by atoms with Crippen LogP contribution in [0.5, 0.6) is 0 Å². The lowest BCUT2D eigenvalue weighted by Gasteiger charge is -1.99. The second-order valence-corrected chi connectivity index (χ2v) is 6.45. The first-order chi connectivity index (χ1) is 12.1. The Morgan fingerprint density at radius 2 is 1.76 bits per heavy atom. The predicted octanol–water partition coefficient (Wildman–Crippen LogP) is 5.11. The van der Waals surface area contributed by atoms with Gasteiger partial charge in [0.2, 0.25) is 5.82 Å². The maximum atomic E-state index is 13.4. The number of nitrogens with zero attached hydrogens (tertiary/aromatic N) is 3. The third-order valence-electron chi connectivity index (χ3n) is 3.63. The smallest absolute Gasteiger partial charge is 0.258 e. The summed E-state index contributed by atoms with van der Waals surface area (Å²) < 4.78 is 31.6. The molecule has 124 valence electrons. The summed E-state index contributed by atoms with van der Waals surface area (Å²) in [4.78, 5) is 8.74. The number of aryl methyl sites for hydroxylation is 1. The van der Waals surface area contributed by atoms with E-state index >= 15 is 0 Å². The van der Waals surface area contributed by atoms with E-state index < -0.39 is 11.6 Å². The van der Waals surface area contributed by atoms with Gasteiger partial charge in [0.25, 0.3) is 5.89 Å². The molecule has 25 heavy (non-hydrogen) atoms. The van der Waals surface area contributed by atoms with Gasteiger partial charge in [-0.15, -0.1) is 11.3 Å². The Morgan fingerprint density at radius 1 is 0.920 bits per heavy atom. The molecule has 0 bridgehead atoms. The summed E-state index contributed by atoms with van der Waals surface area (Å²) in [6.45, 7) is 1.95. The van der Waals surface area contributed by atoms with Crippen LogP contribution >= 0.6 is 11.3 Å². The minimum absolute atomic E-state index is 0.129. The van der Waals surface area contributed by atoms with Gasteiger partial charge in [0.05, 0.1) is 10.7 Å². The molecule has 0 atom stereocenters. The summed E-state index contributed by atoms with van der Waals surface area (Å²) in [5.41, 5.74) is 2.90. The Hall–Kier alpha value is -2.93. The minimum atomic E-state index is -0.960. The zero-order chi connectivity index (χ0) is 17.4. The van der Waals surface area contributed by atoms with E-state index in [2.05, 4.69) is 15.1 Å². The van der Waals surface area contributed by atoms with E-state index in [1.165, 1.54) is 6.07 Å². The molecule has 2 aromatic heterocycles. The van der Waals surface area contributed by atoms with Crippen molar-refractivity contribution in [2.75, 3.05) is 0 Å². The van der Waals surface area contributed by atoms with Gasteiger partial charge in [0.15, 0.2) is 11.6 Å². The van der Waals surface area contributed by atoms with E-state index in [1.54, 1.807) is 11.3 Å². The Kier molecular flexibility index (Phi) is 3.85. The summed E-state index contributed by atoms with van der Waals surface area (Å²) in [6, 6.07) is 11.0. The molecular formula is C18H11F2N3OS. The van der Waals surface area contributed by atoms with E-state index in [-0.39, 0.29) is 5.89 Å². The molecule has 0 N–H and O–H groups in total. The molecule has 0 spiro atoms. The number of hydrogen-bond donors (Lipinski definition) is 0. The van der Waals surface area contributed by atoms with E-state index in [4.69, 9.17) is 4.52 Å². The van der Waals surface area contributed by atoms with Crippen molar-refractivity contribution >= 4 is 11.3 Å². The highest BCUT2D eigenvalue weighted by molar-refractivity contribution is 7.09. The SMILES string of the molecule is Cc1nc(-c2cccc(-c3noc(-c4ccc(F)c(F)c4)n3)c2)cs1. The van der Waals surface area contributed by atoms with Crippen molar-refractivity contribution in [2.45, 2.75) is 6.92 Å². The lowest BCUT2D eigenvalue weighted by atomic mass is 10.1. The monoisotopic (exact) mass is 355 g/mol. The van der Waals surface area contributed by atoms with Gasteiger partial charge < -0.3 is 4.52 Å². The van der Waals surface area contributed by atoms with Crippen LogP contribution in [0.2, 0.25) is 0 Å². The highest BCUT2D eigenvalue weighted by atomic mass is 32.1. The molecule has 2 heterocycles. The number of hydrogen-bond acceptors (Lipinski definition) is 5. The molecular weight excluding hydrogens is 344 g/mol. The van der Waals surface area contributed by atoms with Crippen molar-refractivity contribution in [2.24, 2.45) is 0 Å². The van der Waals surface area contributed by atoms with Crippen LogP contribution in [0.15, 0.2) is 52.4 Å². The average Bonchev–Trinajstić information content (AvgIpc) is 3.27. The van der Waals surface area contributed by atoms with Crippen molar-refractivity contribution in [3.8, 4) is 34.1 Å². The molecule has 0 aliphatic carbocycles. The number of benzene rings is 2. The first kappa shape index (κ1) is 15.6. The molecule has 4 aromatic rings. The molecule has 2 aromatic carbocycles. The summed E-state index contributed by atoms with van der Waals surface area (Å²) in [7, 11) is 0. The van der Waals surface area contributed by atoms with Gasteiger partial charge in [0.1, 0.15) is 0 Å². The Bertz CT molecular complexity index is 1060. The fourth-order valence-electron chi connectivity index (χ4n) is 2.40. The molecule has 0 saturated heterocycles. The Morgan fingerprint density at radius 3 is 2.52 bits per heavy atom.